The Labute approximate surface area is 120 Å². The molecule has 6 nitrogen and oxygen atoms in total. The number of hydrogen-bond acceptors (Lipinski definition) is 6. The molecule has 1 atom stereocenters. The average Bonchev–Trinajstić information content (AvgIpc) is 2.43. The molecule has 0 amide bonds. The molecule has 0 saturated heterocycles. The largest absolute Gasteiger partial charge is 0.490 e. The van der Waals surface area contributed by atoms with Gasteiger partial charge in [-0.05, 0) is 26.0 Å². The lowest BCUT2D eigenvalue weighted by molar-refractivity contribution is -0.0657. The summed E-state index contributed by atoms with van der Waals surface area (Å²) in [6.07, 6.45) is -0.497. The second-order valence-electron chi connectivity index (χ2n) is 5.48. The minimum absolute atomic E-state index is 0.176. The van der Waals surface area contributed by atoms with Gasteiger partial charge >= 0.3 is 5.63 Å². The van der Waals surface area contributed by atoms with Crippen LogP contribution in [0, 0.1) is 0 Å². The van der Waals surface area contributed by atoms with Crippen LogP contribution < -0.4 is 19.8 Å². The van der Waals surface area contributed by atoms with Crippen LogP contribution in [-0.4, -0.2) is 30.5 Å². The van der Waals surface area contributed by atoms with Crippen molar-refractivity contribution in [2.75, 3.05) is 13.7 Å². The van der Waals surface area contributed by atoms with Gasteiger partial charge in [0.05, 0.1) is 12.7 Å². The lowest BCUT2D eigenvalue weighted by Crippen LogP contribution is -2.46. The van der Waals surface area contributed by atoms with Gasteiger partial charge in [0.2, 0.25) is 11.5 Å². The Morgan fingerprint density at radius 3 is 2.81 bits per heavy atom. The van der Waals surface area contributed by atoms with Gasteiger partial charge in [0.1, 0.15) is 6.61 Å². The summed E-state index contributed by atoms with van der Waals surface area (Å²) in [5.41, 5.74) is -1.19. The third kappa shape index (κ3) is 2.31. The summed E-state index contributed by atoms with van der Waals surface area (Å²) in [6.45, 7) is 3.49. The molecule has 0 radical (unpaired) electrons. The van der Waals surface area contributed by atoms with Gasteiger partial charge in [0.15, 0.2) is 17.4 Å². The summed E-state index contributed by atoms with van der Waals surface area (Å²) < 4.78 is 21.9. The Morgan fingerprint density at radius 2 is 2.14 bits per heavy atom. The monoisotopic (exact) mass is 292 g/mol. The second-order valence-corrected chi connectivity index (χ2v) is 5.48. The molecular formula is C15H16O6. The standard InChI is InChI=1S/C15H16O6/c1-15(2,17)10-7-19-13-9(20-10)6-8-4-5-11(16)21-12(8)14(13)18-3/h4-6,10,17H,7H2,1-3H3. The Bertz CT molecular complexity index is 740. The molecule has 2 aromatic rings. The van der Waals surface area contributed by atoms with Gasteiger partial charge in [-0.1, -0.05) is 0 Å². The maximum absolute atomic E-state index is 11.4. The quantitative estimate of drug-likeness (QED) is 0.849. The number of ether oxygens (including phenoxy) is 3. The van der Waals surface area contributed by atoms with E-state index in [-0.39, 0.29) is 6.61 Å². The molecule has 2 heterocycles. The molecule has 21 heavy (non-hydrogen) atoms. The summed E-state index contributed by atoms with van der Waals surface area (Å²) in [6, 6.07) is 4.65. The van der Waals surface area contributed by atoms with Crippen LogP contribution in [-0.2, 0) is 0 Å². The van der Waals surface area contributed by atoms with E-state index in [0.29, 0.717) is 28.2 Å². The molecule has 0 fully saturated rings. The highest BCUT2D eigenvalue weighted by molar-refractivity contribution is 5.88. The summed E-state index contributed by atoms with van der Waals surface area (Å²) in [7, 11) is 1.47. The minimum atomic E-state index is -1.04. The Morgan fingerprint density at radius 1 is 1.38 bits per heavy atom. The minimum Gasteiger partial charge on any atom is -0.490 e. The van der Waals surface area contributed by atoms with Crippen LogP contribution in [0.15, 0.2) is 27.4 Å². The Kier molecular flexibility index (Phi) is 3.06. The second kappa shape index (κ2) is 4.66. The van der Waals surface area contributed by atoms with Crippen molar-refractivity contribution in [2.24, 2.45) is 0 Å². The molecule has 1 aliphatic heterocycles. The van der Waals surface area contributed by atoms with Crippen LogP contribution in [0.3, 0.4) is 0 Å². The van der Waals surface area contributed by atoms with Crippen molar-refractivity contribution in [3.63, 3.8) is 0 Å². The maximum atomic E-state index is 11.4. The molecule has 1 aliphatic rings. The molecule has 0 spiro atoms. The van der Waals surface area contributed by atoms with Crippen molar-refractivity contribution in [1.82, 2.24) is 0 Å². The molecular weight excluding hydrogens is 276 g/mol. The highest BCUT2D eigenvalue weighted by Crippen LogP contribution is 2.46. The molecule has 3 rings (SSSR count). The number of hydrogen-bond donors (Lipinski definition) is 1. The Balaban J connectivity index is 2.17. The molecule has 0 aliphatic carbocycles. The third-order valence-electron chi connectivity index (χ3n) is 3.43. The van der Waals surface area contributed by atoms with E-state index in [2.05, 4.69) is 0 Å². The number of rotatable bonds is 2. The number of methoxy groups -OCH3 is 1. The zero-order valence-electron chi connectivity index (χ0n) is 12.0. The Hall–Kier alpha value is -2.21. The topological polar surface area (TPSA) is 78.1 Å². The summed E-state index contributed by atoms with van der Waals surface area (Å²) in [5, 5.41) is 10.7. The first-order chi connectivity index (χ1) is 9.90. The first kappa shape index (κ1) is 13.8. The van der Waals surface area contributed by atoms with Crippen LogP contribution >= 0.6 is 0 Å². The smallest absolute Gasteiger partial charge is 0.336 e. The maximum Gasteiger partial charge on any atom is 0.336 e. The van der Waals surface area contributed by atoms with Crippen molar-refractivity contribution in [2.45, 2.75) is 25.6 Å². The number of aliphatic hydroxyl groups is 1. The van der Waals surface area contributed by atoms with Gasteiger partial charge < -0.3 is 23.7 Å². The van der Waals surface area contributed by atoms with Crippen LogP contribution in [0.2, 0.25) is 0 Å². The molecule has 1 aromatic heterocycles. The van der Waals surface area contributed by atoms with E-state index in [1.54, 1.807) is 26.0 Å². The lowest BCUT2D eigenvalue weighted by Gasteiger charge is -2.34. The molecule has 6 heteroatoms. The molecule has 1 aromatic carbocycles. The van der Waals surface area contributed by atoms with Crippen LogP contribution in [0.4, 0.5) is 0 Å². The zero-order chi connectivity index (χ0) is 15.2. The fourth-order valence-electron chi connectivity index (χ4n) is 2.24. The fraction of sp³-hybridized carbons (Fsp3) is 0.400. The normalized spacial score (nSPS) is 17.8. The van der Waals surface area contributed by atoms with E-state index in [9.17, 15) is 9.90 Å². The molecule has 112 valence electrons. The van der Waals surface area contributed by atoms with Gasteiger partial charge in [-0.3, -0.25) is 0 Å². The highest BCUT2D eigenvalue weighted by atomic mass is 16.6. The number of fused-ring (bicyclic) bond motifs is 2. The van der Waals surface area contributed by atoms with E-state index in [1.807, 2.05) is 0 Å². The highest BCUT2D eigenvalue weighted by Gasteiger charge is 2.35. The van der Waals surface area contributed by atoms with Crippen molar-refractivity contribution in [1.29, 1.82) is 0 Å². The van der Waals surface area contributed by atoms with Crippen LogP contribution in [0.1, 0.15) is 13.8 Å². The van der Waals surface area contributed by atoms with Gasteiger partial charge in [0.25, 0.3) is 0 Å². The summed E-state index contributed by atoms with van der Waals surface area (Å²) in [4.78, 5) is 11.4. The third-order valence-corrected chi connectivity index (χ3v) is 3.43. The van der Waals surface area contributed by atoms with E-state index < -0.39 is 17.3 Å². The van der Waals surface area contributed by atoms with Crippen molar-refractivity contribution >= 4 is 11.0 Å². The molecule has 1 unspecified atom stereocenters. The van der Waals surface area contributed by atoms with Crippen molar-refractivity contribution in [3.8, 4) is 17.2 Å². The van der Waals surface area contributed by atoms with E-state index >= 15 is 0 Å². The SMILES string of the molecule is COc1c2c(cc3ccc(=O)oc13)OC(C(C)(C)O)CO2. The van der Waals surface area contributed by atoms with Gasteiger partial charge in [-0.15, -0.1) is 0 Å². The predicted octanol–water partition coefficient (Wildman–Crippen LogP) is 1.71. The first-order valence-electron chi connectivity index (χ1n) is 6.57. The van der Waals surface area contributed by atoms with Gasteiger partial charge in [0, 0.05) is 11.5 Å². The van der Waals surface area contributed by atoms with E-state index in [4.69, 9.17) is 18.6 Å². The zero-order valence-corrected chi connectivity index (χ0v) is 12.0. The van der Waals surface area contributed by atoms with Crippen molar-refractivity contribution < 1.29 is 23.7 Å². The average molecular weight is 292 g/mol. The number of benzene rings is 1. The van der Waals surface area contributed by atoms with Crippen molar-refractivity contribution in [3.05, 3.63) is 28.6 Å². The first-order valence-corrected chi connectivity index (χ1v) is 6.57. The summed E-state index contributed by atoms with van der Waals surface area (Å²) in [5.74, 6) is 1.14. The van der Waals surface area contributed by atoms with Gasteiger partial charge in [-0.25, -0.2) is 4.79 Å². The fourth-order valence-corrected chi connectivity index (χ4v) is 2.24. The van der Waals surface area contributed by atoms with Crippen LogP contribution in [0.5, 0.6) is 17.2 Å². The van der Waals surface area contributed by atoms with Gasteiger partial charge in [-0.2, -0.15) is 0 Å². The molecule has 0 bridgehead atoms. The summed E-state index contributed by atoms with van der Waals surface area (Å²) >= 11 is 0. The molecule has 0 saturated carbocycles. The van der Waals surface area contributed by atoms with E-state index in [1.165, 1.54) is 13.2 Å². The predicted molar refractivity (Wildman–Crippen MR) is 75.2 cm³/mol. The molecule has 1 N–H and O–H groups in total. The lowest BCUT2D eigenvalue weighted by atomic mass is 10.0. The van der Waals surface area contributed by atoms with Crippen LogP contribution in [0.25, 0.3) is 11.0 Å². The van der Waals surface area contributed by atoms with E-state index in [0.717, 1.165) is 0 Å².